The summed E-state index contributed by atoms with van der Waals surface area (Å²) in [5, 5.41) is 12.3. The van der Waals surface area contributed by atoms with Gasteiger partial charge in [0.2, 0.25) is 5.91 Å². The fourth-order valence-electron chi connectivity index (χ4n) is 1.28. The number of hydrogen-bond acceptors (Lipinski definition) is 2. The molecule has 1 aromatic carbocycles. The van der Waals surface area contributed by atoms with Crippen LogP contribution in [0, 0.1) is 13.8 Å². The van der Waals surface area contributed by atoms with Gasteiger partial charge in [-0.2, -0.15) is 0 Å². The zero-order valence-corrected chi connectivity index (χ0v) is 8.72. The standard InChI is InChI=1S/C11H15NO2/c1-4-10(13)12-9-5-7(2)11(14)8(3)6-9/h5-6,14H,4H2,1-3H3,(H,12,13). The summed E-state index contributed by atoms with van der Waals surface area (Å²) in [5.41, 5.74) is 2.29. The fourth-order valence-corrected chi connectivity index (χ4v) is 1.28. The van der Waals surface area contributed by atoms with Gasteiger partial charge in [-0.3, -0.25) is 4.79 Å². The Morgan fingerprint density at radius 2 is 1.86 bits per heavy atom. The number of nitrogens with one attached hydrogen (secondary N) is 1. The van der Waals surface area contributed by atoms with Crippen LogP contribution in [0.1, 0.15) is 24.5 Å². The third-order valence-corrected chi connectivity index (χ3v) is 2.10. The van der Waals surface area contributed by atoms with Crippen molar-refractivity contribution >= 4 is 11.6 Å². The lowest BCUT2D eigenvalue weighted by Gasteiger charge is -2.08. The summed E-state index contributed by atoms with van der Waals surface area (Å²) in [5.74, 6) is 0.272. The SMILES string of the molecule is CCC(=O)Nc1cc(C)c(O)c(C)c1. The van der Waals surface area contributed by atoms with Crippen LogP contribution in [0.4, 0.5) is 5.69 Å². The highest BCUT2D eigenvalue weighted by Gasteiger charge is 2.04. The summed E-state index contributed by atoms with van der Waals surface area (Å²) in [6.45, 7) is 5.42. The summed E-state index contributed by atoms with van der Waals surface area (Å²) in [4.78, 5) is 11.1. The van der Waals surface area contributed by atoms with Crippen molar-refractivity contribution in [3.63, 3.8) is 0 Å². The number of aromatic hydroxyl groups is 1. The van der Waals surface area contributed by atoms with Gasteiger partial charge in [-0.15, -0.1) is 0 Å². The predicted molar refractivity (Wildman–Crippen MR) is 56.5 cm³/mol. The number of benzene rings is 1. The number of amides is 1. The number of carbonyl (C=O) groups is 1. The van der Waals surface area contributed by atoms with Crippen molar-refractivity contribution < 1.29 is 9.90 Å². The van der Waals surface area contributed by atoms with Crippen LogP contribution in [0.15, 0.2) is 12.1 Å². The molecule has 1 rings (SSSR count). The zero-order chi connectivity index (χ0) is 10.7. The molecule has 3 nitrogen and oxygen atoms in total. The average Bonchev–Trinajstić information content (AvgIpc) is 2.14. The van der Waals surface area contributed by atoms with Gasteiger partial charge < -0.3 is 10.4 Å². The third-order valence-electron chi connectivity index (χ3n) is 2.10. The Hall–Kier alpha value is -1.51. The summed E-state index contributed by atoms with van der Waals surface area (Å²) in [7, 11) is 0. The van der Waals surface area contributed by atoms with E-state index in [0.29, 0.717) is 12.2 Å². The second-order valence-corrected chi connectivity index (χ2v) is 3.36. The highest BCUT2D eigenvalue weighted by Crippen LogP contribution is 2.25. The van der Waals surface area contributed by atoms with Gasteiger partial charge in [0.25, 0.3) is 0 Å². The van der Waals surface area contributed by atoms with E-state index < -0.39 is 0 Å². The Bertz CT molecular complexity index is 335. The molecule has 0 aliphatic carbocycles. The number of hydrogen-bond donors (Lipinski definition) is 2. The van der Waals surface area contributed by atoms with E-state index in [1.54, 1.807) is 19.1 Å². The van der Waals surface area contributed by atoms with Crippen molar-refractivity contribution in [3.8, 4) is 5.75 Å². The lowest BCUT2D eigenvalue weighted by molar-refractivity contribution is -0.115. The number of carbonyl (C=O) groups excluding carboxylic acids is 1. The van der Waals surface area contributed by atoms with Crippen LogP contribution in [0.25, 0.3) is 0 Å². The van der Waals surface area contributed by atoms with Crippen molar-refractivity contribution in [2.45, 2.75) is 27.2 Å². The smallest absolute Gasteiger partial charge is 0.224 e. The lowest BCUT2D eigenvalue weighted by Crippen LogP contribution is -2.09. The Morgan fingerprint density at radius 1 is 1.36 bits per heavy atom. The van der Waals surface area contributed by atoms with E-state index in [4.69, 9.17) is 0 Å². The van der Waals surface area contributed by atoms with Gasteiger partial charge in [-0.25, -0.2) is 0 Å². The highest BCUT2D eigenvalue weighted by atomic mass is 16.3. The Morgan fingerprint density at radius 3 is 2.29 bits per heavy atom. The summed E-state index contributed by atoms with van der Waals surface area (Å²) in [6, 6.07) is 3.52. The molecule has 1 amide bonds. The Kier molecular flexibility index (Phi) is 3.12. The van der Waals surface area contributed by atoms with Gasteiger partial charge in [0.15, 0.2) is 0 Å². The molecule has 3 heteroatoms. The third kappa shape index (κ3) is 2.25. The molecule has 0 heterocycles. The van der Waals surface area contributed by atoms with Crippen LogP contribution in [0.3, 0.4) is 0 Å². The molecule has 0 spiro atoms. The highest BCUT2D eigenvalue weighted by molar-refractivity contribution is 5.90. The minimum Gasteiger partial charge on any atom is -0.507 e. The first-order valence-corrected chi connectivity index (χ1v) is 4.64. The first kappa shape index (κ1) is 10.6. The monoisotopic (exact) mass is 193 g/mol. The topological polar surface area (TPSA) is 49.3 Å². The molecule has 2 N–H and O–H groups in total. The molecule has 0 aliphatic heterocycles. The maximum Gasteiger partial charge on any atom is 0.224 e. The number of phenolic OH excluding ortho intramolecular Hbond substituents is 1. The molecule has 0 saturated carbocycles. The van der Waals surface area contributed by atoms with Crippen molar-refractivity contribution in [1.29, 1.82) is 0 Å². The van der Waals surface area contributed by atoms with Crippen molar-refractivity contribution in [2.75, 3.05) is 5.32 Å². The van der Waals surface area contributed by atoms with Crippen LogP contribution in [-0.4, -0.2) is 11.0 Å². The van der Waals surface area contributed by atoms with Gasteiger partial charge >= 0.3 is 0 Å². The number of phenols is 1. The molecule has 0 saturated heterocycles. The molecule has 76 valence electrons. The van der Waals surface area contributed by atoms with E-state index in [-0.39, 0.29) is 5.91 Å². The second kappa shape index (κ2) is 4.13. The summed E-state index contributed by atoms with van der Waals surface area (Å²) >= 11 is 0. The second-order valence-electron chi connectivity index (χ2n) is 3.36. The number of rotatable bonds is 2. The number of aryl methyl sites for hydroxylation is 2. The molecule has 0 fully saturated rings. The van der Waals surface area contributed by atoms with Gasteiger partial charge in [0.1, 0.15) is 5.75 Å². The van der Waals surface area contributed by atoms with Crippen molar-refractivity contribution in [1.82, 2.24) is 0 Å². The molecule has 0 aromatic heterocycles. The lowest BCUT2D eigenvalue weighted by atomic mass is 10.1. The average molecular weight is 193 g/mol. The quantitative estimate of drug-likeness (QED) is 0.708. The maximum atomic E-state index is 11.1. The van der Waals surface area contributed by atoms with E-state index in [1.165, 1.54) is 0 Å². The minimum atomic E-state index is -0.0190. The zero-order valence-electron chi connectivity index (χ0n) is 8.72. The molecule has 0 atom stereocenters. The molecule has 0 aliphatic rings. The van der Waals surface area contributed by atoms with Crippen molar-refractivity contribution in [2.24, 2.45) is 0 Å². The van der Waals surface area contributed by atoms with Crippen LogP contribution < -0.4 is 5.32 Å². The molecule has 0 radical (unpaired) electrons. The summed E-state index contributed by atoms with van der Waals surface area (Å²) in [6.07, 6.45) is 0.457. The maximum absolute atomic E-state index is 11.1. The van der Waals surface area contributed by atoms with Crippen molar-refractivity contribution in [3.05, 3.63) is 23.3 Å². The molecule has 1 aromatic rings. The number of anilines is 1. The van der Waals surface area contributed by atoms with E-state index in [0.717, 1.165) is 16.8 Å². The first-order valence-electron chi connectivity index (χ1n) is 4.64. The Labute approximate surface area is 83.8 Å². The largest absolute Gasteiger partial charge is 0.507 e. The normalized spacial score (nSPS) is 9.93. The fraction of sp³-hybridized carbons (Fsp3) is 0.364. The van der Waals surface area contributed by atoms with Gasteiger partial charge in [0, 0.05) is 12.1 Å². The van der Waals surface area contributed by atoms with Crippen LogP contribution in [0.5, 0.6) is 5.75 Å². The van der Waals surface area contributed by atoms with Gasteiger partial charge in [-0.1, -0.05) is 6.92 Å². The Balaban J connectivity index is 2.95. The van der Waals surface area contributed by atoms with Gasteiger partial charge in [-0.05, 0) is 37.1 Å². The van der Waals surface area contributed by atoms with E-state index in [9.17, 15) is 9.90 Å². The molecular weight excluding hydrogens is 178 g/mol. The first-order chi connectivity index (χ1) is 6.54. The summed E-state index contributed by atoms with van der Waals surface area (Å²) < 4.78 is 0. The molecule has 0 unspecified atom stereocenters. The van der Waals surface area contributed by atoms with E-state index in [2.05, 4.69) is 5.32 Å². The minimum absolute atomic E-state index is 0.0190. The molecule has 0 bridgehead atoms. The molecule has 14 heavy (non-hydrogen) atoms. The van der Waals surface area contributed by atoms with Crippen LogP contribution in [0.2, 0.25) is 0 Å². The van der Waals surface area contributed by atoms with Gasteiger partial charge in [0.05, 0.1) is 0 Å². The predicted octanol–water partition coefficient (Wildman–Crippen LogP) is 2.36. The van der Waals surface area contributed by atoms with E-state index >= 15 is 0 Å². The van der Waals surface area contributed by atoms with E-state index in [1.807, 2.05) is 13.8 Å². The van der Waals surface area contributed by atoms with Crippen LogP contribution >= 0.6 is 0 Å². The van der Waals surface area contributed by atoms with Crippen LogP contribution in [-0.2, 0) is 4.79 Å². The molecular formula is C11H15NO2.